The van der Waals surface area contributed by atoms with Crippen molar-refractivity contribution < 1.29 is 14.3 Å². The Morgan fingerprint density at radius 3 is 2.42 bits per heavy atom. The van der Waals surface area contributed by atoms with Crippen molar-refractivity contribution in [2.45, 2.75) is 38.1 Å². The van der Waals surface area contributed by atoms with Gasteiger partial charge in [0.05, 0.1) is 13.7 Å². The predicted molar refractivity (Wildman–Crippen MR) is 141 cm³/mol. The molecule has 0 radical (unpaired) electrons. The molecule has 1 saturated carbocycles. The summed E-state index contributed by atoms with van der Waals surface area (Å²) in [6, 6.07) is 16.3. The molecular weight excluding hydrogens is 478 g/mol. The van der Waals surface area contributed by atoms with E-state index in [-0.39, 0.29) is 24.4 Å². The maximum absolute atomic E-state index is 12.5. The number of carbonyl (C=O) groups excluding carboxylic acids is 2. The largest absolute Gasteiger partial charge is 0.497 e. The topological polar surface area (TPSA) is 96.5 Å². The molecule has 0 saturated heterocycles. The minimum atomic E-state index is -0.201. The number of likely N-dealkylation sites (N-methyl/N-ethyl adjacent to an activating group) is 1. The van der Waals surface area contributed by atoms with Crippen LogP contribution in [0.3, 0.4) is 0 Å². The van der Waals surface area contributed by atoms with Crippen LogP contribution < -0.4 is 20.3 Å². The van der Waals surface area contributed by atoms with Gasteiger partial charge in [-0.15, -0.1) is 0 Å². The van der Waals surface area contributed by atoms with Crippen molar-refractivity contribution in [1.82, 2.24) is 15.3 Å². The number of benzene rings is 2. The quantitative estimate of drug-likeness (QED) is 0.415. The molecule has 1 heterocycles. The summed E-state index contributed by atoms with van der Waals surface area (Å²) in [5.74, 6) is 1.62. The van der Waals surface area contributed by atoms with Crippen LogP contribution in [0.15, 0.2) is 54.6 Å². The molecule has 2 N–H and O–H groups in total. The maximum atomic E-state index is 12.5. The number of nitrogens with one attached hydrogen (secondary N) is 2. The highest BCUT2D eigenvalue weighted by atomic mass is 35.5. The number of anilines is 2. The van der Waals surface area contributed by atoms with Crippen molar-refractivity contribution in [1.29, 1.82) is 0 Å². The fourth-order valence-corrected chi connectivity index (χ4v) is 4.40. The van der Waals surface area contributed by atoms with E-state index in [9.17, 15) is 9.59 Å². The second-order valence-electron chi connectivity index (χ2n) is 8.93. The standard InChI is InChI=1S/C27H30ClN5O3/c1-33(17-26(34)29-20-5-3-4-6-20)25-16-23(28)31-24(32-25)15-18-7-11-21(12-8-18)30-27(35)19-9-13-22(36-2)14-10-19/h7-14,16,20H,3-6,15,17H2,1-2H3,(H,29,34)(H,30,35). The summed E-state index contributed by atoms with van der Waals surface area (Å²) < 4.78 is 5.13. The Bertz CT molecular complexity index is 1200. The molecule has 0 aliphatic heterocycles. The first-order valence-electron chi connectivity index (χ1n) is 12.0. The summed E-state index contributed by atoms with van der Waals surface area (Å²) in [6.45, 7) is 0.200. The van der Waals surface area contributed by atoms with Crippen LogP contribution >= 0.6 is 11.6 Å². The Balaban J connectivity index is 1.35. The third kappa shape index (κ3) is 6.95. The molecule has 1 aliphatic rings. The highest BCUT2D eigenvalue weighted by Crippen LogP contribution is 2.20. The second-order valence-corrected chi connectivity index (χ2v) is 9.31. The van der Waals surface area contributed by atoms with Gasteiger partial charge in [0.25, 0.3) is 5.91 Å². The van der Waals surface area contributed by atoms with Crippen molar-refractivity contribution in [3.05, 3.63) is 76.7 Å². The zero-order chi connectivity index (χ0) is 25.5. The molecule has 0 unspecified atom stereocenters. The van der Waals surface area contributed by atoms with E-state index < -0.39 is 0 Å². The van der Waals surface area contributed by atoms with Crippen molar-refractivity contribution in [3.63, 3.8) is 0 Å². The highest BCUT2D eigenvalue weighted by molar-refractivity contribution is 6.29. The molecule has 188 valence electrons. The fraction of sp³-hybridized carbons (Fsp3) is 0.333. The van der Waals surface area contributed by atoms with Crippen molar-refractivity contribution in [3.8, 4) is 5.75 Å². The molecule has 1 fully saturated rings. The first kappa shape index (κ1) is 25.4. The number of nitrogens with zero attached hydrogens (tertiary/aromatic N) is 3. The van der Waals surface area contributed by atoms with Crippen LogP contribution in [-0.4, -0.2) is 48.5 Å². The van der Waals surface area contributed by atoms with Crippen LogP contribution in [0.25, 0.3) is 0 Å². The van der Waals surface area contributed by atoms with Gasteiger partial charge in [-0.3, -0.25) is 9.59 Å². The summed E-state index contributed by atoms with van der Waals surface area (Å²) in [6.07, 6.45) is 4.89. The van der Waals surface area contributed by atoms with Crippen molar-refractivity contribution in [2.24, 2.45) is 0 Å². The number of hydrogen-bond acceptors (Lipinski definition) is 6. The summed E-state index contributed by atoms with van der Waals surface area (Å²) in [7, 11) is 3.40. The lowest BCUT2D eigenvalue weighted by atomic mass is 10.1. The number of aromatic nitrogens is 2. The number of ether oxygens (including phenoxy) is 1. The number of hydrogen-bond donors (Lipinski definition) is 2. The monoisotopic (exact) mass is 507 g/mol. The van der Waals surface area contributed by atoms with Crippen LogP contribution in [0.4, 0.5) is 11.5 Å². The minimum absolute atomic E-state index is 0.0204. The van der Waals surface area contributed by atoms with E-state index in [1.165, 1.54) is 12.8 Å². The first-order chi connectivity index (χ1) is 17.4. The van der Waals surface area contributed by atoms with Gasteiger partial charge in [-0.2, -0.15) is 0 Å². The number of halogens is 1. The van der Waals surface area contributed by atoms with E-state index in [2.05, 4.69) is 20.6 Å². The normalized spacial score (nSPS) is 13.3. The lowest BCUT2D eigenvalue weighted by molar-refractivity contribution is -0.120. The average Bonchev–Trinajstić information content (AvgIpc) is 3.37. The van der Waals surface area contributed by atoms with E-state index in [1.54, 1.807) is 42.3 Å². The van der Waals surface area contributed by atoms with Gasteiger partial charge >= 0.3 is 0 Å². The van der Waals surface area contributed by atoms with Gasteiger partial charge in [0.15, 0.2) is 0 Å². The van der Waals surface area contributed by atoms with E-state index in [1.807, 2.05) is 31.3 Å². The van der Waals surface area contributed by atoms with Crippen LogP contribution in [0.5, 0.6) is 5.75 Å². The molecular formula is C27H30ClN5O3. The molecule has 8 nitrogen and oxygen atoms in total. The van der Waals surface area contributed by atoms with Gasteiger partial charge in [-0.25, -0.2) is 9.97 Å². The van der Waals surface area contributed by atoms with E-state index in [4.69, 9.17) is 16.3 Å². The van der Waals surface area contributed by atoms with E-state index >= 15 is 0 Å². The predicted octanol–water partition coefficient (Wildman–Crippen LogP) is 4.48. The Hall–Kier alpha value is -3.65. The molecule has 36 heavy (non-hydrogen) atoms. The second kappa shape index (κ2) is 11.9. The first-order valence-corrected chi connectivity index (χ1v) is 12.4. The zero-order valence-electron chi connectivity index (χ0n) is 20.5. The fourth-order valence-electron chi connectivity index (χ4n) is 4.20. The molecule has 0 atom stereocenters. The molecule has 2 amide bonds. The third-order valence-corrected chi connectivity index (χ3v) is 6.34. The lowest BCUT2D eigenvalue weighted by Gasteiger charge is -2.20. The number of methoxy groups -OCH3 is 1. The lowest BCUT2D eigenvalue weighted by Crippen LogP contribution is -2.40. The van der Waals surface area contributed by atoms with Gasteiger partial charge in [0.2, 0.25) is 5.91 Å². The molecule has 1 aliphatic carbocycles. The molecule has 2 aromatic carbocycles. The molecule has 3 aromatic rings. The van der Waals surface area contributed by atoms with Crippen LogP contribution in [0.2, 0.25) is 5.15 Å². The molecule has 0 bridgehead atoms. The smallest absolute Gasteiger partial charge is 0.255 e. The Morgan fingerprint density at radius 2 is 1.75 bits per heavy atom. The molecule has 1 aromatic heterocycles. The molecule has 0 spiro atoms. The Kier molecular flexibility index (Phi) is 8.38. The molecule has 4 rings (SSSR count). The van der Waals surface area contributed by atoms with Crippen LogP contribution in [0, 0.1) is 0 Å². The van der Waals surface area contributed by atoms with Gasteiger partial charge in [0, 0.05) is 36.8 Å². The SMILES string of the molecule is COc1ccc(C(=O)Nc2ccc(Cc3nc(Cl)cc(N(C)CC(=O)NC4CCCC4)n3)cc2)cc1. The minimum Gasteiger partial charge on any atom is -0.497 e. The van der Waals surface area contributed by atoms with Gasteiger partial charge in [-0.05, 0) is 54.8 Å². The maximum Gasteiger partial charge on any atom is 0.255 e. The Morgan fingerprint density at radius 1 is 1.06 bits per heavy atom. The van der Waals surface area contributed by atoms with E-state index in [0.717, 1.165) is 18.4 Å². The number of carbonyl (C=O) groups is 2. The number of amides is 2. The summed E-state index contributed by atoms with van der Waals surface area (Å²) in [5, 5.41) is 6.30. The van der Waals surface area contributed by atoms with Crippen molar-refractivity contribution in [2.75, 3.05) is 30.9 Å². The van der Waals surface area contributed by atoms with Gasteiger partial charge in [0.1, 0.15) is 22.5 Å². The average molecular weight is 508 g/mol. The van der Waals surface area contributed by atoms with Gasteiger partial charge < -0.3 is 20.3 Å². The molecule has 9 heteroatoms. The third-order valence-electron chi connectivity index (χ3n) is 6.15. The Labute approximate surface area is 216 Å². The van der Waals surface area contributed by atoms with Crippen LogP contribution in [-0.2, 0) is 11.2 Å². The zero-order valence-corrected chi connectivity index (χ0v) is 21.2. The number of rotatable bonds is 9. The van der Waals surface area contributed by atoms with E-state index in [0.29, 0.717) is 40.2 Å². The van der Waals surface area contributed by atoms with Crippen LogP contribution in [0.1, 0.15) is 47.4 Å². The summed E-state index contributed by atoms with van der Waals surface area (Å²) in [4.78, 5) is 35.6. The highest BCUT2D eigenvalue weighted by Gasteiger charge is 2.19. The van der Waals surface area contributed by atoms with Crippen molar-refractivity contribution >= 4 is 34.9 Å². The summed E-state index contributed by atoms with van der Waals surface area (Å²) in [5.41, 5.74) is 2.19. The summed E-state index contributed by atoms with van der Waals surface area (Å²) >= 11 is 6.26. The van der Waals surface area contributed by atoms with Gasteiger partial charge in [-0.1, -0.05) is 36.6 Å².